The Morgan fingerprint density at radius 1 is 1.38 bits per heavy atom. The van der Waals surface area contributed by atoms with Gasteiger partial charge in [-0.25, -0.2) is 4.98 Å². The maximum Gasteiger partial charge on any atom is 0.319 e. The number of H-pyrrole nitrogens is 1. The van der Waals surface area contributed by atoms with E-state index in [4.69, 9.17) is 4.74 Å². The molecule has 7 heteroatoms. The van der Waals surface area contributed by atoms with Crippen molar-refractivity contribution in [3.8, 4) is 0 Å². The molecule has 0 amide bonds. The van der Waals surface area contributed by atoms with Gasteiger partial charge in [0.15, 0.2) is 5.16 Å². The molecule has 0 unspecified atom stereocenters. The summed E-state index contributed by atoms with van der Waals surface area (Å²) in [5.74, 6) is -0.307. The number of methoxy groups -OCH3 is 1. The van der Waals surface area contributed by atoms with Crippen LogP contribution in [0.5, 0.6) is 0 Å². The van der Waals surface area contributed by atoms with Gasteiger partial charge in [-0.15, -0.1) is 0 Å². The molecule has 3 aromatic rings. The van der Waals surface area contributed by atoms with Crippen LogP contribution in [0.15, 0.2) is 34.2 Å². The minimum Gasteiger partial charge on any atom is -0.468 e. The zero-order valence-electron chi connectivity index (χ0n) is 13.8. The van der Waals surface area contributed by atoms with Crippen LogP contribution in [-0.2, 0) is 16.1 Å². The number of hydrogen-bond acceptors (Lipinski definition) is 5. The van der Waals surface area contributed by atoms with E-state index in [2.05, 4.69) is 9.97 Å². The van der Waals surface area contributed by atoms with Crippen LogP contribution in [0, 0.1) is 0 Å². The summed E-state index contributed by atoms with van der Waals surface area (Å²) in [7, 11) is 1.37. The molecule has 126 valence electrons. The molecule has 0 spiro atoms. The summed E-state index contributed by atoms with van der Waals surface area (Å²) in [4.78, 5) is 32.6. The van der Waals surface area contributed by atoms with E-state index >= 15 is 0 Å². The van der Waals surface area contributed by atoms with Gasteiger partial charge in [-0.2, -0.15) is 0 Å². The Labute approximate surface area is 143 Å². The van der Waals surface area contributed by atoms with Crippen molar-refractivity contribution in [3.05, 3.63) is 34.6 Å². The number of nitrogens with one attached hydrogen (secondary N) is 1. The highest BCUT2D eigenvalue weighted by Crippen LogP contribution is 2.28. The number of nitrogens with zero attached hydrogens (tertiary/aromatic N) is 2. The molecular formula is C17H19N3O3S. The molecule has 0 saturated carbocycles. The first-order valence-corrected chi connectivity index (χ1v) is 8.74. The molecular weight excluding hydrogens is 326 g/mol. The van der Waals surface area contributed by atoms with Crippen molar-refractivity contribution in [1.82, 2.24) is 14.5 Å². The molecule has 0 aliphatic heterocycles. The second-order valence-electron chi connectivity index (χ2n) is 5.38. The maximum absolute atomic E-state index is 12.8. The zero-order valence-corrected chi connectivity index (χ0v) is 14.6. The minimum absolute atomic E-state index is 0.124. The topological polar surface area (TPSA) is 77.0 Å². The van der Waals surface area contributed by atoms with Crippen LogP contribution in [0.2, 0.25) is 0 Å². The van der Waals surface area contributed by atoms with Gasteiger partial charge in [-0.3, -0.25) is 14.2 Å². The number of ether oxygens (including phenoxy) is 1. The summed E-state index contributed by atoms with van der Waals surface area (Å²) in [6.45, 7) is 4.28. The van der Waals surface area contributed by atoms with Gasteiger partial charge < -0.3 is 9.72 Å². The molecule has 0 fully saturated rings. The normalized spacial score (nSPS) is 12.6. The first-order valence-electron chi connectivity index (χ1n) is 7.86. The maximum atomic E-state index is 12.8. The van der Waals surface area contributed by atoms with Crippen LogP contribution in [0.1, 0.15) is 20.3 Å². The van der Waals surface area contributed by atoms with E-state index in [0.29, 0.717) is 29.2 Å². The Morgan fingerprint density at radius 2 is 2.12 bits per heavy atom. The van der Waals surface area contributed by atoms with Gasteiger partial charge in [0.25, 0.3) is 5.56 Å². The number of para-hydroxylation sites is 1. The van der Waals surface area contributed by atoms with Gasteiger partial charge in [0.2, 0.25) is 0 Å². The Kier molecular flexibility index (Phi) is 4.62. The fourth-order valence-electron chi connectivity index (χ4n) is 2.70. The van der Waals surface area contributed by atoms with Crippen molar-refractivity contribution < 1.29 is 9.53 Å². The van der Waals surface area contributed by atoms with E-state index in [1.807, 2.05) is 38.1 Å². The number of carbonyl (C=O) groups is 1. The van der Waals surface area contributed by atoms with Crippen LogP contribution in [-0.4, -0.2) is 32.9 Å². The van der Waals surface area contributed by atoms with Crippen molar-refractivity contribution in [2.75, 3.05) is 7.11 Å². The SMILES string of the molecule is CC[C@@H](Sc1nc2c([nH]c3ccccc32)c(=O)n1CC)C(=O)OC. The molecule has 1 atom stereocenters. The lowest BCUT2D eigenvalue weighted by atomic mass is 10.2. The van der Waals surface area contributed by atoms with Crippen LogP contribution in [0.4, 0.5) is 0 Å². The first kappa shape index (κ1) is 16.6. The molecule has 0 bridgehead atoms. The van der Waals surface area contributed by atoms with Gasteiger partial charge in [0.1, 0.15) is 16.3 Å². The van der Waals surface area contributed by atoms with E-state index in [0.717, 1.165) is 10.9 Å². The number of fused-ring (bicyclic) bond motifs is 3. The lowest BCUT2D eigenvalue weighted by molar-refractivity contribution is -0.140. The van der Waals surface area contributed by atoms with Crippen LogP contribution in [0.25, 0.3) is 21.9 Å². The number of thioether (sulfide) groups is 1. The molecule has 0 radical (unpaired) electrons. The van der Waals surface area contributed by atoms with Crippen molar-refractivity contribution in [2.45, 2.75) is 37.2 Å². The van der Waals surface area contributed by atoms with Crippen molar-refractivity contribution in [1.29, 1.82) is 0 Å². The number of aromatic amines is 1. The third-order valence-electron chi connectivity index (χ3n) is 3.97. The van der Waals surface area contributed by atoms with Gasteiger partial charge in [-0.1, -0.05) is 36.9 Å². The fraction of sp³-hybridized carbons (Fsp3) is 0.353. The van der Waals surface area contributed by atoms with Crippen LogP contribution >= 0.6 is 11.8 Å². The van der Waals surface area contributed by atoms with Crippen molar-refractivity contribution >= 4 is 39.7 Å². The predicted molar refractivity (Wildman–Crippen MR) is 95.5 cm³/mol. The Bertz CT molecular complexity index is 961. The number of rotatable bonds is 5. The largest absolute Gasteiger partial charge is 0.468 e. The van der Waals surface area contributed by atoms with E-state index in [-0.39, 0.29) is 16.8 Å². The van der Waals surface area contributed by atoms with Gasteiger partial charge in [0, 0.05) is 17.4 Å². The average molecular weight is 345 g/mol. The summed E-state index contributed by atoms with van der Waals surface area (Å²) < 4.78 is 6.43. The highest BCUT2D eigenvalue weighted by Gasteiger charge is 2.23. The number of carbonyl (C=O) groups excluding carboxylic acids is 1. The summed E-state index contributed by atoms with van der Waals surface area (Å²) in [5.41, 5.74) is 1.89. The van der Waals surface area contributed by atoms with E-state index in [1.165, 1.54) is 18.9 Å². The monoisotopic (exact) mass is 345 g/mol. The van der Waals surface area contributed by atoms with Crippen LogP contribution in [0.3, 0.4) is 0 Å². The predicted octanol–water partition coefficient (Wildman–Crippen LogP) is 2.94. The molecule has 0 aliphatic rings. The van der Waals surface area contributed by atoms with Gasteiger partial charge in [0.05, 0.1) is 7.11 Å². The van der Waals surface area contributed by atoms with Gasteiger partial charge in [-0.05, 0) is 19.4 Å². The molecule has 6 nitrogen and oxygen atoms in total. The van der Waals surface area contributed by atoms with Gasteiger partial charge >= 0.3 is 5.97 Å². The smallest absolute Gasteiger partial charge is 0.319 e. The van der Waals surface area contributed by atoms with Crippen molar-refractivity contribution in [3.63, 3.8) is 0 Å². The molecule has 1 aromatic carbocycles. The molecule has 2 heterocycles. The van der Waals surface area contributed by atoms with Crippen molar-refractivity contribution in [2.24, 2.45) is 0 Å². The summed E-state index contributed by atoms with van der Waals surface area (Å²) in [6.07, 6.45) is 0.600. The summed E-state index contributed by atoms with van der Waals surface area (Å²) >= 11 is 1.28. The number of esters is 1. The molecule has 0 aliphatic carbocycles. The minimum atomic E-state index is -0.387. The molecule has 1 N–H and O–H groups in total. The lowest BCUT2D eigenvalue weighted by Gasteiger charge is -2.14. The molecule has 0 saturated heterocycles. The molecule has 2 aromatic heterocycles. The Balaban J connectivity index is 2.21. The Hall–Kier alpha value is -2.28. The lowest BCUT2D eigenvalue weighted by Crippen LogP contribution is -2.25. The first-order chi connectivity index (χ1) is 11.6. The Morgan fingerprint density at radius 3 is 2.79 bits per heavy atom. The third kappa shape index (κ3) is 2.69. The number of aromatic nitrogens is 3. The standard InChI is InChI=1S/C17H19N3O3S/c1-4-12(16(22)23-3)24-17-19-13-10-8-6-7-9-11(10)18-14(13)15(21)20(17)5-2/h6-9,12,18H,4-5H2,1-3H3/t12-/m1/s1. The van der Waals surface area contributed by atoms with E-state index in [1.54, 1.807) is 4.57 Å². The fourth-order valence-corrected chi connectivity index (χ4v) is 3.80. The highest BCUT2D eigenvalue weighted by atomic mass is 32.2. The van der Waals surface area contributed by atoms with E-state index in [9.17, 15) is 9.59 Å². The second kappa shape index (κ2) is 6.68. The number of benzene rings is 1. The zero-order chi connectivity index (χ0) is 17.3. The summed E-state index contributed by atoms with van der Waals surface area (Å²) in [6, 6.07) is 7.68. The highest BCUT2D eigenvalue weighted by molar-refractivity contribution is 8.00. The third-order valence-corrected chi connectivity index (χ3v) is 5.31. The summed E-state index contributed by atoms with van der Waals surface area (Å²) in [5, 5.41) is 1.06. The molecule has 24 heavy (non-hydrogen) atoms. The average Bonchev–Trinajstić information content (AvgIpc) is 2.98. The quantitative estimate of drug-likeness (QED) is 0.437. The van der Waals surface area contributed by atoms with Crippen LogP contribution < -0.4 is 5.56 Å². The second-order valence-corrected chi connectivity index (χ2v) is 6.55. The van der Waals surface area contributed by atoms with E-state index < -0.39 is 0 Å². The molecule has 3 rings (SSSR count). The number of hydrogen-bond donors (Lipinski definition) is 1.